The molecule has 0 radical (unpaired) electrons. The van der Waals surface area contributed by atoms with Crippen molar-refractivity contribution >= 4 is 34.8 Å². The van der Waals surface area contributed by atoms with E-state index < -0.39 is 6.03 Å². The smallest absolute Gasteiger partial charge is 0.319 e. The molecule has 8 nitrogen and oxygen atoms in total. The zero-order valence-electron chi connectivity index (χ0n) is 20.0. The Morgan fingerprint density at radius 1 is 0.889 bits per heavy atom. The molecule has 4 rings (SSSR count). The largest absolute Gasteiger partial charge is 0.382 e. The average molecular weight is 481 g/mol. The van der Waals surface area contributed by atoms with Gasteiger partial charge in [-0.3, -0.25) is 14.7 Å². The number of amides is 3. The molecule has 3 amide bonds. The van der Waals surface area contributed by atoms with Crippen molar-refractivity contribution in [3.8, 4) is 0 Å². The number of nitrogens with two attached hydrogens (primary N) is 1. The number of aryl methyl sites for hydroxylation is 1. The van der Waals surface area contributed by atoms with Crippen molar-refractivity contribution in [2.24, 2.45) is 0 Å². The molecule has 1 aromatic heterocycles. The minimum absolute atomic E-state index is 0.149. The molecule has 0 aliphatic rings. The van der Waals surface area contributed by atoms with E-state index in [0.717, 1.165) is 24.2 Å². The molecule has 0 aliphatic heterocycles. The predicted molar refractivity (Wildman–Crippen MR) is 142 cm³/mol. The number of benzene rings is 3. The number of hydrogen-bond acceptors (Lipinski definition) is 5. The van der Waals surface area contributed by atoms with Crippen LogP contribution in [0.5, 0.6) is 0 Å². The number of anilines is 4. The summed E-state index contributed by atoms with van der Waals surface area (Å²) in [6.45, 7) is 2.22. The summed E-state index contributed by atoms with van der Waals surface area (Å²) in [6.07, 6.45) is 3.40. The van der Waals surface area contributed by atoms with Gasteiger partial charge in [0.1, 0.15) is 11.5 Å². The highest BCUT2D eigenvalue weighted by Gasteiger charge is 2.19. The van der Waals surface area contributed by atoms with Gasteiger partial charge >= 0.3 is 6.03 Å². The van der Waals surface area contributed by atoms with Crippen LogP contribution >= 0.6 is 0 Å². The van der Waals surface area contributed by atoms with Gasteiger partial charge in [-0.2, -0.15) is 0 Å². The third kappa shape index (κ3) is 6.04. The molecule has 36 heavy (non-hydrogen) atoms. The maximum absolute atomic E-state index is 13.3. The highest BCUT2D eigenvalue weighted by atomic mass is 16.2. The van der Waals surface area contributed by atoms with Crippen LogP contribution in [0.25, 0.3) is 0 Å². The predicted octanol–water partition coefficient (Wildman–Crippen LogP) is 5.31. The zero-order chi connectivity index (χ0) is 25.3. The fraction of sp³-hybridized carbons (Fsp3) is 0.143. The normalized spacial score (nSPS) is 10.5. The van der Waals surface area contributed by atoms with Gasteiger partial charge in [-0.1, -0.05) is 49.7 Å². The van der Waals surface area contributed by atoms with Gasteiger partial charge in [-0.15, -0.1) is 0 Å². The van der Waals surface area contributed by atoms with E-state index in [4.69, 9.17) is 5.73 Å². The van der Waals surface area contributed by atoms with E-state index in [1.54, 1.807) is 47.5 Å². The Morgan fingerprint density at radius 2 is 1.53 bits per heavy atom. The molecule has 0 saturated heterocycles. The van der Waals surface area contributed by atoms with Crippen LogP contribution in [-0.4, -0.2) is 21.9 Å². The summed E-state index contributed by atoms with van der Waals surface area (Å²) >= 11 is 0. The van der Waals surface area contributed by atoms with E-state index in [-0.39, 0.29) is 12.5 Å². The number of nitrogens with one attached hydrogen (secondary N) is 2. The number of para-hydroxylation sites is 1. The maximum Gasteiger partial charge on any atom is 0.319 e. The molecule has 0 aliphatic carbocycles. The van der Waals surface area contributed by atoms with Crippen LogP contribution < -0.4 is 21.3 Å². The van der Waals surface area contributed by atoms with E-state index in [1.165, 1.54) is 0 Å². The van der Waals surface area contributed by atoms with E-state index in [9.17, 15) is 9.59 Å². The molecule has 0 spiro atoms. The second-order valence-corrected chi connectivity index (χ2v) is 8.14. The molecule has 3 aromatic carbocycles. The molecule has 0 atom stereocenters. The van der Waals surface area contributed by atoms with Gasteiger partial charge < -0.3 is 16.4 Å². The minimum Gasteiger partial charge on any atom is -0.382 e. The molecule has 0 saturated carbocycles. The van der Waals surface area contributed by atoms with Crippen molar-refractivity contribution in [1.29, 1.82) is 0 Å². The molecule has 4 aromatic rings. The second-order valence-electron chi connectivity index (χ2n) is 8.14. The average Bonchev–Trinajstić information content (AvgIpc) is 2.91. The Labute approximate surface area is 210 Å². The number of hydrogen-bond donors (Lipinski definition) is 3. The first-order valence-corrected chi connectivity index (χ1v) is 11.7. The zero-order valence-corrected chi connectivity index (χ0v) is 20.0. The molecule has 4 N–H and O–H groups in total. The third-order valence-electron chi connectivity index (χ3n) is 5.47. The maximum atomic E-state index is 13.3. The van der Waals surface area contributed by atoms with Crippen molar-refractivity contribution in [1.82, 2.24) is 15.3 Å². The Bertz CT molecular complexity index is 1310. The SMILES string of the molecule is CCCc1cnc(N)c(CNC(=O)Nc2ccc(N(C(=O)c3ccccc3)c3ccccc3)cc2)n1. The molecule has 8 heteroatoms. The van der Waals surface area contributed by atoms with Gasteiger partial charge in [0.2, 0.25) is 0 Å². The van der Waals surface area contributed by atoms with Crippen molar-refractivity contribution in [2.45, 2.75) is 26.3 Å². The van der Waals surface area contributed by atoms with Crippen molar-refractivity contribution < 1.29 is 9.59 Å². The van der Waals surface area contributed by atoms with Crippen LogP contribution in [0.2, 0.25) is 0 Å². The number of nitrogens with zero attached hydrogens (tertiary/aromatic N) is 3. The minimum atomic E-state index is -0.398. The fourth-order valence-electron chi connectivity index (χ4n) is 3.69. The number of carbonyl (C=O) groups excluding carboxylic acids is 2. The van der Waals surface area contributed by atoms with Crippen LogP contribution in [0.3, 0.4) is 0 Å². The van der Waals surface area contributed by atoms with Crippen molar-refractivity contribution in [3.63, 3.8) is 0 Å². The summed E-state index contributed by atoms with van der Waals surface area (Å²) in [5.74, 6) is 0.146. The monoisotopic (exact) mass is 480 g/mol. The molecule has 0 bridgehead atoms. The quantitative estimate of drug-likeness (QED) is 0.316. The lowest BCUT2D eigenvalue weighted by molar-refractivity contribution is 0.0999. The lowest BCUT2D eigenvalue weighted by Gasteiger charge is -2.23. The number of rotatable bonds is 8. The topological polar surface area (TPSA) is 113 Å². The van der Waals surface area contributed by atoms with Gasteiger partial charge in [0.05, 0.1) is 18.4 Å². The van der Waals surface area contributed by atoms with Crippen LogP contribution in [0.15, 0.2) is 91.1 Å². The van der Waals surface area contributed by atoms with E-state index >= 15 is 0 Å². The molecule has 182 valence electrons. The van der Waals surface area contributed by atoms with E-state index in [2.05, 4.69) is 27.5 Å². The van der Waals surface area contributed by atoms with E-state index in [0.29, 0.717) is 28.5 Å². The Balaban J connectivity index is 1.46. The molecule has 0 unspecified atom stereocenters. The van der Waals surface area contributed by atoms with Crippen molar-refractivity contribution in [2.75, 3.05) is 16.0 Å². The van der Waals surface area contributed by atoms with Crippen LogP contribution in [0.4, 0.5) is 27.7 Å². The van der Waals surface area contributed by atoms with Crippen molar-refractivity contribution in [3.05, 3.63) is 108 Å². The Kier molecular flexibility index (Phi) is 7.87. The lowest BCUT2D eigenvalue weighted by atomic mass is 10.1. The highest BCUT2D eigenvalue weighted by molar-refractivity contribution is 6.11. The summed E-state index contributed by atoms with van der Waals surface area (Å²) in [5.41, 5.74) is 9.86. The fourth-order valence-corrected chi connectivity index (χ4v) is 3.69. The van der Waals surface area contributed by atoms with Gasteiger partial charge in [0.25, 0.3) is 5.91 Å². The van der Waals surface area contributed by atoms with Crippen LogP contribution in [0, 0.1) is 0 Å². The van der Waals surface area contributed by atoms with Crippen LogP contribution in [0.1, 0.15) is 35.1 Å². The summed E-state index contributed by atoms with van der Waals surface area (Å²) in [7, 11) is 0. The number of urea groups is 1. The second kappa shape index (κ2) is 11.6. The summed E-state index contributed by atoms with van der Waals surface area (Å²) in [6, 6.07) is 25.2. The first-order valence-electron chi connectivity index (χ1n) is 11.7. The standard InChI is InChI=1S/C28H28N6O2/c1-2-9-22-18-30-26(29)25(32-22)19-31-28(36)33-21-14-16-24(17-15-21)34(23-12-7-4-8-13-23)27(35)20-10-5-3-6-11-20/h3-8,10-18H,2,9,19H2,1H3,(H2,29,30)(H2,31,33,36). The van der Waals surface area contributed by atoms with Gasteiger partial charge in [0, 0.05) is 22.6 Å². The number of nitrogen functional groups attached to an aromatic ring is 1. The molecule has 0 fully saturated rings. The Morgan fingerprint density at radius 3 is 2.19 bits per heavy atom. The molecular formula is C28H28N6O2. The summed E-state index contributed by atoms with van der Waals surface area (Å²) < 4.78 is 0. The summed E-state index contributed by atoms with van der Waals surface area (Å²) in [5, 5.41) is 5.56. The number of carbonyl (C=O) groups is 2. The third-order valence-corrected chi connectivity index (χ3v) is 5.47. The first kappa shape index (κ1) is 24.4. The Hall–Kier alpha value is -4.72. The van der Waals surface area contributed by atoms with Gasteiger partial charge in [-0.05, 0) is 55.0 Å². The van der Waals surface area contributed by atoms with Crippen LogP contribution in [-0.2, 0) is 13.0 Å². The first-order chi connectivity index (χ1) is 17.5. The van der Waals surface area contributed by atoms with E-state index in [1.807, 2.05) is 48.5 Å². The molecular weight excluding hydrogens is 452 g/mol. The lowest BCUT2D eigenvalue weighted by Crippen LogP contribution is -2.29. The summed E-state index contributed by atoms with van der Waals surface area (Å²) in [4.78, 5) is 36.1. The highest BCUT2D eigenvalue weighted by Crippen LogP contribution is 2.28. The molecule has 1 heterocycles. The number of aromatic nitrogens is 2. The van der Waals surface area contributed by atoms with Gasteiger partial charge in [-0.25, -0.2) is 9.78 Å². The van der Waals surface area contributed by atoms with Gasteiger partial charge in [0.15, 0.2) is 0 Å².